The van der Waals surface area contributed by atoms with Gasteiger partial charge in [-0.3, -0.25) is 0 Å². The molecular weight excluding hydrogens is 239 g/mol. The maximum absolute atomic E-state index is 14.2. The summed E-state index contributed by atoms with van der Waals surface area (Å²) in [4.78, 5) is 2.15. The zero-order valence-corrected chi connectivity index (χ0v) is 12.0. The molecule has 2 atom stereocenters. The van der Waals surface area contributed by atoms with Crippen LogP contribution in [-0.2, 0) is 6.42 Å². The summed E-state index contributed by atoms with van der Waals surface area (Å²) in [6, 6.07) is 5.78. The van der Waals surface area contributed by atoms with Crippen molar-refractivity contribution in [3.05, 3.63) is 29.6 Å². The van der Waals surface area contributed by atoms with E-state index in [1.165, 1.54) is 12.8 Å². The summed E-state index contributed by atoms with van der Waals surface area (Å²) in [6.45, 7) is 2.85. The molecule has 1 aliphatic carbocycles. The van der Waals surface area contributed by atoms with Crippen molar-refractivity contribution in [2.24, 2.45) is 11.7 Å². The molecule has 2 unspecified atom stereocenters. The summed E-state index contributed by atoms with van der Waals surface area (Å²) < 4.78 is 14.2. The molecule has 0 radical (unpaired) electrons. The van der Waals surface area contributed by atoms with Crippen LogP contribution >= 0.6 is 0 Å². The first-order valence-corrected chi connectivity index (χ1v) is 7.33. The monoisotopic (exact) mass is 264 g/mol. The lowest BCUT2D eigenvalue weighted by molar-refractivity contribution is 0.335. The number of anilines is 1. The van der Waals surface area contributed by atoms with Gasteiger partial charge < -0.3 is 10.6 Å². The molecule has 2 nitrogen and oxygen atoms in total. The van der Waals surface area contributed by atoms with Gasteiger partial charge in [-0.2, -0.15) is 0 Å². The average molecular weight is 264 g/mol. The van der Waals surface area contributed by atoms with Crippen molar-refractivity contribution in [2.45, 2.75) is 45.1 Å². The van der Waals surface area contributed by atoms with Crippen molar-refractivity contribution < 1.29 is 4.39 Å². The number of hydrogen-bond acceptors (Lipinski definition) is 2. The number of nitrogens with two attached hydrogens (primary N) is 1. The fourth-order valence-electron chi connectivity index (χ4n) is 3.25. The summed E-state index contributed by atoms with van der Waals surface area (Å²) in [5.41, 5.74) is 7.43. The van der Waals surface area contributed by atoms with Gasteiger partial charge in [-0.05, 0) is 43.4 Å². The van der Waals surface area contributed by atoms with Gasteiger partial charge in [0, 0.05) is 13.1 Å². The van der Waals surface area contributed by atoms with E-state index >= 15 is 0 Å². The second-order valence-corrected chi connectivity index (χ2v) is 5.82. The molecule has 0 bridgehead atoms. The number of para-hydroxylation sites is 1. The predicted octanol–water partition coefficient (Wildman–Crippen LogP) is 3.34. The van der Waals surface area contributed by atoms with Crippen molar-refractivity contribution in [2.75, 3.05) is 18.5 Å². The Labute approximate surface area is 115 Å². The van der Waals surface area contributed by atoms with Crippen molar-refractivity contribution in [1.29, 1.82) is 0 Å². The predicted molar refractivity (Wildman–Crippen MR) is 79.0 cm³/mol. The van der Waals surface area contributed by atoms with Gasteiger partial charge in [0.1, 0.15) is 5.82 Å². The minimum Gasteiger partial charge on any atom is -0.369 e. The Kier molecular flexibility index (Phi) is 4.81. The molecule has 0 amide bonds. The molecule has 0 aliphatic heterocycles. The zero-order valence-electron chi connectivity index (χ0n) is 12.0. The third kappa shape index (κ3) is 3.27. The Balaban J connectivity index is 2.24. The number of benzene rings is 1. The summed E-state index contributed by atoms with van der Waals surface area (Å²) in [7, 11) is 2.03. The number of rotatable bonds is 4. The molecule has 2 N–H and O–H groups in total. The number of halogens is 1. The van der Waals surface area contributed by atoms with Crippen LogP contribution in [0.1, 0.15) is 38.2 Å². The summed E-state index contributed by atoms with van der Waals surface area (Å²) in [5, 5.41) is 0. The SMILES string of the molecule is CC1CCCC(N(C)c2c(F)cccc2CCN)C1. The van der Waals surface area contributed by atoms with Crippen LogP contribution in [0.2, 0.25) is 0 Å². The summed E-state index contributed by atoms with van der Waals surface area (Å²) in [6.07, 6.45) is 5.61. The standard InChI is InChI=1S/C16H25FN2/c1-12-5-3-7-14(11-12)19(2)16-13(9-10-18)6-4-8-15(16)17/h4,6,8,12,14H,3,5,7,9-11,18H2,1-2H3. The van der Waals surface area contributed by atoms with Crippen molar-refractivity contribution in [3.63, 3.8) is 0 Å². The lowest BCUT2D eigenvalue weighted by atomic mass is 9.86. The molecule has 0 aromatic heterocycles. The van der Waals surface area contributed by atoms with E-state index in [4.69, 9.17) is 5.73 Å². The van der Waals surface area contributed by atoms with Crippen molar-refractivity contribution >= 4 is 5.69 Å². The molecule has 3 heteroatoms. The Hall–Kier alpha value is -1.09. The highest BCUT2D eigenvalue weighted by atomic mass is 19.1. The van der Waals surface area contributed by atoms with E-state index in [2.05, 4.69) is 11.8 Å². The van der Waals surface area contributed by atoms with E-state index in [0.29, 0.717) is 12.6 Å². The van der Waals surface area contributed by atoms with E-state index < -0.39 is 0 Å². The average Bonchev–Trinajstić information content (AvgIpc) is 2.39. The quantitative estimate of drug-likeness (QED) is 0.903. The zero-order chi connectivity index (χ0) is 13.8. The van der Waals surface area contributed by atoms with Crippen LogP contribution in [0.15, 0.2) is 18.2 Å². The summed E-state index contributed by atoms with van der Waals surface area (Å²) >= 11 is 0. The van der Waals surface area contributed by atoms with Gasteiger partial charge in [-0.1, -0.05) is 31.9 Å². The third-order valence-corrected chi connectivity index (χ3v) is 4.29. The van der Waals surface area contributed by atoms with Gasteiger partial charge in [0.25, 0.3) is 0 Å². The second-order valence-electron chi connectivity index (χ2n) is 5.82. The maximum atomic E-state index is 14.2. The van der Waals surface area contributed by atoms with Gasteiger partial charge in [-0.15, -0.1) is 0 Å². The third-order valence-electron chi connectivity index (χ3n) is 4.29. The van der Waals surface area contributed by atoms with Crippen LogP contribution in [0.3, 0.4) is 0 Å². The molecule has 1 fully saturated rings. The summed E-state index contributed by atoms with van der Waals surface area (Å²) in [5.74, 6) is 0.623. The first-order valence-electron chi connectivity index (χ1n) is 7.33. The minimum absolute atomic E-state index is 0.119. The van der Waals surface area contributed by atoms with E-state index in [9.17, 15) is 4.39 Å². The van der Waals surface area contributed by atoms with Crippen LogP contribution in [-0.4, -0.2) is 19.6 Å². The number of hydrogen-bond donors (Lipinski definition) is 1. The highest BCUT2D eigenvalue weighted by molar-refractivity contribution is 5.55. The molecular formula is C16H25FN2. The highest BCUT2D eigenvalue weighted by Gasteiger charge is 2.25. The molecule has 0 spiro atoms. The van der Waals surface area contributed by atoms with Gasteiger partial charge in [-0.25, -0.2) is 4.39 Å². The van der Waals surface area contributed by atoms with Crippen LogP contribution in [0.25, 0.3) is 0 Å². The van der Waals surface area contributed by atoms with Crippen molar-refractivity contribution in [3.8, 4) is 0 Å². The Morgan fingerprint density at radius 1 is 1.37 bits per heavy atom. The highest BCUT2D eigenvalue weighted by Crippen LogP contribution is 2.32. The Morgan fingerprint density at radius 3 is 2.84 bits per heavy atom. The Morgan fingerprint density at radius 2 is 2.16 bits per heavy atom. The normalized spacial score (nSPS) is 23.4. The van der Waals surface area contributed by atoms with E-state index in [1.54, 1.807) is 12.1 Å². The van der Waals surface area contributed by atoms with Crippen LogP contribution in [0, 0.1) is 11.7 Å². The van der Waals surface area contributed by atoms with Gasteiger partial charge in [0.15, 0.2) is 0 Å². The minimum atomic E-state index is -0.119. The molecule has 0 saturated heterocycles. The van der Waals surface area contributed by atoms with Gasteiger partial charge >= 0.3 is 0 Å². The van der Waals surface area contributed by atoms with Gasteiger partial charge in [0.2, 0.25) is 0 Å². The lowest BCUT2D eigenvalue weighted by Gasteiger charge is -2.36. The smallest absolute Gasteiger partial charge is 0.146 e. The first kappa shape index (κ1) is 14.3. The molecule has 106 valence electrons. The largest absolute Gasteiger partial charge is 0.369 e. The van der Waals surface area contributed by atoms with E-state index in [1.807, 2.05) is 13.1 Å². The molecule has 19 heavy (non-hydrogen) atoms. The topological polar surface area (TPSA) is 29.3 Å². The van der Waals surface area contributed by atoms with E-state index in [0.717, 1.165) is 36.4 Å². The van der Waals surface area contributed by atoms with Crippen LogP contribution in [0.4, 0.5) is 10.1 Å². The van der Waals surface area contributed by atoms with Gasteiger partial charge in [0.05, 0.1) is 5.69 Å². The fourth-order valence-corrected chi connectivity index (χ4v) is 3.25. The molecule has 1 aromatic rings. The first-order chi connectivity index (χ1) is 9.13. The fraction of sp³-hybridized carbons (Fsp3) is 0.625. The van der Waals surface area contributed by atoms with Crippen molar-refractivity contribution in [1.82, 2.24) is 0 Å². The van der Waals surface area contributed by atoms with E-state index in [-0.39, 0.29) is 5.82 Å². The molecule has 2 rings (SSSR count). The van der Waals surface area contributed by atoms with Crippen LogP contribution < -0.4 is 10.6 Å². The number of nitrogens with zero attached hydrogens (tertiary/aromatic N) is 1. The van der Waals surface area contributed by atoms with Crippen LogP contribution in [0.5, 0.6) is 0 Å². The second kappa shape index (κ2) is 6.38. The molecule has 1 aromatic carbocycles. The molecule has 1 saturated carbocycles. The Bertz CT molecular complexity index is 419. The maximum Gasteiger partial charge on any atom is 0.146 e. The molecule has 1 aliphatic rings. The molecule has 0 heterocycles. The lowest BCUT2D eigenvalue weighted by Crippen LogP contribution is -2.36.